The van der Waals surface area contributed by atoms with E-state index in [0.29, 0.717) is 35.5 Å². The van der Waals surface area contributed by atoms with E-state index in [1.54, 1.807) is 59.9 Å². The summed E-state index contributed by atoms with van der Waals surface area (Å²) in [6.45, 7) is 15.9. The van der Waals surface area contributed by atoms with Crippen molar-refractivity contribution < 1.29 is 29.1 Å². The monoisotopic (exact) mass is 851 g/mol. The summed E-state index contributed by atoms with van der Waals surface area (Å²) in [6, 6.07) is 19.7. The lowest BCUT2D eigenvalue weighted by Crippen LogP contribution is -2.58. The van der Waals surface area contributed by atoms with Crippen molar-refractivity contribution in [2.75, 3.05) is 22.9 Å². The van der Waals surface area contributed by atoms with Gasteiger partial charge in [0.1, 0.15) is 12.1 Å². The Morgan fingerprint density at radius 3 is 2.18 bits per heavy atom. The van der Waals surface area contributed by atoms with Crippen LogP contribution in [0.2, 0.25) is 0 Å². The molecule has 1 saturated heterocycles. The fourth-order valence-corrected chi connectivity index (χ4v) is 8.87. The van der Waals surface area contributed by atoms with Gasteiger partial charge in [0.15, 0.2) is 0 Å². The van der Waals surface area contributed by atoms with E-state index in [0.717, 1.165) is 21.7 Å². The normalized spacial score (nSPS) is 16.1. The minimum absolute atomic E-state index is 0.0112. The fraction of sp³-hybridized carbons (Fsp3) is 0.447. The molecule has 2 heterocycles. The molecule has 5 rings (SSSR count). The van der Waals surface area contributed by atoms with Gasteiger partial charge < -0.3 is 37.0 Å². The van der Waals surface area contributed by atoms with Crippen molar-refractivity contribution in [1.29, 1.82) is 0 Å². The number of amides is 5. The van der Waals surface area contributed by atoms with E-state index in [1.807, 2.05) is 71.3 Å². The quantitative estimate of drug-likeness (QED) is 0.0631. The van der Waals surface area contributed by atoms with E-state index < -0.39 is 34.9 Å². The highest BCUT2D eigenvalue weighted by Crippen LogP contribution is 2.39. The van der Waals surface area contributed by atoms with Gasteiger partial charge >= 0.3 is 0 Å². The number of benzene rings is 3. The van der Waals surface area contributed by atoms with Crippen LogP contribution in [0.5, 0.6) is 0 Å². The van der Waals surface area contributed by atoms with Crippen LogP contribution in [0, 0.1) is 23.2 Å². The summed E-state index contributed by atoms with van der Waals surface area (Å²) in [5.74, 6) is -1.56. The summed E-state index contributed by atoms with van der Waals surface area (Å²) in [5, 5.41) is 22.3. The van der Waals surface area contributed by atoms with E-state index in [2.05, 4.69) is 40.1 Å². The predicted octanol–water partition coefficient (Wildman–Crippen LogP) is 7.31. The van der Waals surface area contributed by atoms with Gasteiger partial charge in [0.2, 0.25) is 23.6 Å². The molecule has 4 aromatic rings. The van der Waals surface area contributed by atoms with Gasteiger partial charge in [-0.1, -0.05) is 84.9 Å². The molecule has 0 spiro atoms. The molecular weight excluding hydrogens is 791 g/mol. The number of carbonyl (C=O) groups is 5. The maximum absolute atomic E-state index is 14.2. The molecule has 61 heavy (non-hydrogen) atoms. The van der Waals surface area contributed by atoms with E-state index in [9.17, 15) is 29.1 Å². The number of carbonyl (C=O) groups excluding carboxylic acids is 5. The number of nitrogens with two attached hydrogens (primary N) is 1. The number of nitrogens with zero attached hydrogens (tertiary/aromatic N) is 2. The zero-order valence-electron chi connectivity index (χ0n) is 36.6. The van der Waals surface area contributed by atoms with Crippen LogP contribution >= 0.6 is 11.3 Å². The first-order chi connectivity index (χ1) is 28.6. The third-order valence-electron chi connectivity index (χ3n) is 11.0. The van der Waals surface area contributed by atoms with E-state index in [-0.39, 0.29) is 61.4 Å². The molecule has 0 radical (unpaired) electrons. The van der Waals surface area contributed by atoms with Gasteiger partial charge in [0.25, 0.3) is 5.91 Å². The van der Waals surface area contributed by atoms with E-state index in [1.165, 1.54) is 4.90 Å². The summed E-state index contributed by atoms with van der Waals surface area (Å²) < 4.78 is 0. The van der Waals surface area contributed by atoms with Gasteiger partial charge in [0, 0.05) is 43.6 Å². The third kappa shape index (κ3) is 12.9. The highest BCUT2D eigenvalue weighted by atomic mass is 32.1. The lowest BCUT2D eigenvalue weighted by Gasteiger charge is -2.37. The second-order valence-electron chi connectivity index (χ2n) is 18.8. The molecule has 14 heteroatoms. The van der Waals surface area contributed by atoms with Crippen LogP contribution in [0.1, 0.15) is 102 Å². The topological polar surface area (TPSA) is 196 Å². The van der Waals surface area contributed by atoms with Crippen molar-refractivity contribution in [3.63, 3.8) is 0 Å². The number of thiazole rings is 1. The van der Waals surface area contributed by atoms with Crippen LogP contribution in [0.15, 0.2) is 78.3 Å². The Bertz CT molecular complexity index is 2190. The Kier molecular flexibility index (Phi) is 14.8. The fourth-order valence-electron chi connectivity index (χ4n) is 8.06. The van der Waals surface area contributed by atoms with Gasteiger partial charge in [-0.05, 0) is 83.5 Å². The number of aryl methyl sites for hydroxylation is 1. The molecule has 326 valence electrons. The summed E-state index contributed by atoms with van der Waals surface area (Å²) >= 11 is 1.57. The van der Waals surface area contributed by atoms with Gasteiger partial charge in [-0.15, -0.1) is 11.3 Å². The van der Waals surface area contributed by atoms with Crippen LogP contribution in [0.25, 0.3) is 10.4 Å². The zero-order chi connectivity index (χ0) is 44.7. The van der Waals surface area contributed by atoms with Crippen LogP contribution in [-0.2, 0) is 25.7 Å². The smallest absolute Gasteiger partial charge is 0.255 e. The van der Waals surface area contributed by atoms with Gasteiger partial charge in [0.05, 0.1) is 33.6 Å². The molecule has 13 nitrogen and oxygen atoms in total. The van der Waals surface area contributed by atoms with Crippen molar-refractivity contribution in [2.45, 2.75) is 112 Å². The molecule has 0 saturated carbocycles. The average Bonchev–Trinajstić information content (AvgIpc) is 3.80. The number of hydrogen-bond donors (Lipinski definition) is 6. The second kappa shape index (κ2) is 19.4. The average molecular weight is 852 g/mol. The van der Waals surface area contributed by atoms with Crippen molar-refractivity contribution in [3.05, 3.63) is 95.1 Å². The van der Waals surface area contributed by atoms with Crippen molar-refractivity contribution >= 4 is 57.9 Å². The van der Waals surface area contributed by atoms with Crippen LogP contribution in [-0.4, -0.2) is 69.3 Å². The highest BCUT2D eigenvalue weighted by molar-refractivity contribution is 7.13. The maximum Gasteiger partial charge on any atom is 0.255 e. The number of aliphatic hydroxyl groups excluding tert-OH is 1. The maximum atomic E-state index is 14.2. The molecule has 3 atom stereocenters. The molecular formula is C47H61N7O6S. The molecule has 0 bridgehead atoms. The number of hydrogen-bond acceptors (Lipinski definition) is 9. The molecule has 7 N–H and O–H groups in total. The van der Waals surface area contributed by atoms with Crippen LogP contribution < -0.4 is 27.0 Å². The SMILES string of the molecule is Cc1ncsc1-c1ccc(CNC(=O)[C@@H]2C[C@H](O)CN2C(=O)[C@@H](NC(=O)CC(C)(C)CC(C)(C)CCC(=O)Nc2ccc(C(=O)Nc3ccccc3N)cc2)C(C)(C)C)cc1. The minimum atomic E-state index is -0.943. The minimum Gasteiger partial charge on any atom is -0.397 e. The second-order valence-corrected chi connectivity index (χ2v) is 19.6. The molecule has 0 unspecified atom stereocenters. The first kappa shape index (κ1) is 46.5. The van der Waals surface area contributed by atoms with Crippen LogP contribution in [0.3, 0.4) is 0 Å². The Morgan fingerprint density at radius 1 is 0.885 bits per heavy atom. The van der Waals surface area contributed by atoms with Gasteiger partial charge in [-0.25, -0.2) is 4.98 Å². The van der Waals surface area contributed by atoms with E-state index in [4.69, 9.17) is 5.73 Å². The summed E-state index contributed by atoms with van der Waals surface area (Å²) in [4.78, 5) is 73.9. The number of rotatable bonds is 16. The number of aliphatic hydroxyl groups is 1. The van der Waals surface area contributed by atoms with Crippen LogP contribution in [0.4, 0.5) is 17.1 Å². The standard InChI is InChI=1S/C47H61N7O6S/c1-29-40(61-28-50-29)31-15-13-30(14-16-31)25-49-43(59)37-23-34(55)26-54(37)44(60)41(45(2,3)4)53-39(57)24-47(7,8)27-46(5,6)22-21-38(56)51-33-19-17-32(18-20-33)42(58)52-36-12-10-9-11-35(36)48/h9-20,28,34,37,41,55H,21-27,48H2,1-8H3,(H,49,59)(H,51,56)(H,52,58)(H,53,57)/t34-,37-,41+/m0/s1. The Morgan fingerprint density at radius 2 is 1.56 bits per heavy atom. The predicted molar refractivity (Wildman–Crippen MR) is 242 cm³/mol. The van der Waals surface area contributed by atoms with Crippen molar-refractivity contribution in [3.8, 4) is 10.4 Å². The lowest BCUT2D eigenvalue weighted by molar-refractivity contribution is -0.144. The molecule has 3 aromatic carbocycles. The van der Waals surface area contributed by atoms with E-state index >= 15 is 0 Å². The summed E-state index contributed by atoms with van der Waals surface area (Å²) in [7, 11) is 0. The Balaban J connectivity index is 1.11. The number of nitrogen functional groups attached to an aromatic ring is 1. The molecule has 1 aliphatic heterocycles. The number of β-amino-alcohol motifs (C(OH)–C–C–N with tert-alkyl or cyclic N) is 1. The zero-order valence-corrected chi connectivity index (χ0v) is 37.4. The number of aromatic nitrogens is 1. The number of nitrogens with one attached hydrogen (secondary N) is 4. The van der Waals surface area contributed by atoms with Gasteiger partial charge in [-0.3, -0.25) is 24.0 Å². The largest absolute Gasteiger partial charge is 0.397 e. The number of likely N-dealkylation sites (tertiary alicyclic amines) is 1. The Labute approximate surface area is 363 Å². The highest BCUT2D eigenvalue weighted by Gasteiger charge is 2.45. The molecule has 1 fully saturated rings. The molecule has 5 amide bonds. The van der Waals surface area contributed by atoms with Crippen molar-refractivity contribution in [2.24, 2.45) is 16.2 Å². The third-order valence-corrected chi connectivity index (χ3v) is 12.0. The van der Waals surface area contributed by atoms with Crippen molar-refractivity contribution in [1.82, 2.24) is 20.5 Å². The summed E-state index contributed by atoms with van der Waals surface area (Å²) in [5.41, 5.74) is 11.1. The first-order valence-electron chi connectivity index (χ1n) is 20.7. The number of anilines is 3. The first-order valence-corrected chi connectivity index (χ1v) is 21.6. The Hall–Kier alpha value is -5.60. The molecule has 1 aliphatic rings. The molecule has 1 aromatic heterocycles. The molecule has 0 aliphatic carbocycles. The lowest BCUT2D eigenvalue weighted by atomic mass is 9.71. The summed E-state index contributed by atoms with van der Waals surface area (Å²) in [6.07, 6.45) is 0.793. The van der Waals surface area contributed by atoms with Gasteiger partial charge in [-0.2, -0.15) is 0 Å². The number of para-hydroxylation sites is 2.